The minimum atomic E-state index is -1.31. The quantitative estimate of drug-likeness (QED) is 0.729. The van der Waals surface area contributed by atoms with Crippen LogP contribution < -0.4 is 5.73 Å². The van der Waals surface area contributed by atoms with Crippen molar-refractivity contribution >= 4 is 44.5 Å². The fourth-order valence-electron chi connectivity index (χ4n) is 3.14. The SMILES string of the molecule is Cc1csc2c(CC3(O)C(N)=Nc4ccc(Cl)cc43)cccc12. The first-order valence-corrected chi connectivity index (χ1v) is 8.57. The summed E-state index contributed by atoms with van der Waals surface area (Å²) in [6.45, 7) is 2.10. The highest BCUT2D eigenvalue weighted by Crippen LogP contribution is 2.42. The summed E-state index contributed by atoms with van der Waals surface area (Å²) in [4.78, 5) is 4.32. The summed E-state index contributed by atoms with van der Waals surface area (Å²) in [7, 11) is 0. The number of hydrogen-bond acceptors (Lipinski definition) is 4. The molecule has 3 N–H and O–H groups in total. The number of benzene rings is 2. The minimum absolute atomic E-state index is 0.222. The number of nitrogens with zero attached hydrogens (tertiary/aromatic N) is 1. The van der Waals surface area contributed by atoms with E-state index in [0.29, 0.717) is 22.7 Å². The van der Waals surface area contributed by atoms with Crippen LogP contribution >= 0.6 is 22.9 Å². The first-order valence-electron chi connectivity index (χ1n) is 7.32. The zero-order chi connectivity index (χ0) is 16.2. The highest BCUT2D eigenvalue weighted by Gasteiger charge is 2.41. The lowest BCUT2D eigenvalue weighted by Gasteiger charge is -2.24. The molecule has 1 aromatic heterocycles. The first kappa shape index (κ1) is 14.7. The number of halogens is 1. The van der Waals surface area contributed by atoms with Crippen LogP contribution in [0.15, 0.2) is 46.8 Å². The molecule has 3 nitrogen and oxygen atoms in total. The lowest BCUT2D eigenvalue weighted by molar-refractivity contribution is 0.115. The van der Waals surface area contributed by atoms with Crippen molar-refractivity contribution in [3.63, 3.8) is 0 Å². The molecule has 116 valence electrons. The Kier molecular flexibility index (Phi) is 3.23. The Labute approximate surface area is 143 Å². The molecule has 1 aliphatic rings. The Hall–Kier alpha value is -1.88. The lowest BCUT2D eigenvalue weighted by atomic mass is 9.87. The molecule has 23 heavy (non-hydrogen) atoms. The Morgan fingerprint density at radius 3 is 2.96 bits per heavy atom. The molecule has 5 heteroatoms. The fraction of sp³-hybridized carbons (Fsp3) is 0.167. The molecule has 0 spiro atoms. The maximum Gasteiger partial charge on any atom is 0.153 e. The first-order chi connectivity index (χ1) is 11.0. The van der Waals surface area contributed by atoms with E-state index in [1.807, 2.05) is 12.1 Å². The van der Waals surface area contributed by atoms with E-state index in [9.17, 15) is 5.11 Å². The number of amidine groups is 1. The van der Waals surface area contributed by atoms with Gasteiger partial charge < -0.3 is 10.8 Å². The number of aliphatic hydroxyl groups is 1. The molecule has 1 atom stereocenters. The zero-order valence-electron chi connectivity index (χ0n) is 12.5. The second-order valence-corrected chi connectivity index (χ2v) is 7.22. The molecule has 0 saturated carbocycles. The Morgan fingerprint density at radius 2 is 2.13 bits per heavy atom. The molecule has 2 aromatic carbocycles. The molecule has 2 heterocycles. The normalized spacial score (nSPS) is 19.9. The van der Waals surface area contributed by atoms with E-state index in [4.69, 9.17) is 17.3 Å². The third-order valence-electron chi connectivity index (χ3n) is 4.39. The van der Waals surface area contributed by atoms with Crippen molar-refractivity contribution in [2.24, 2.45) is 10.7 Å². The topological polar surface area (TPSA) is 58.6 Å². The van der Waals surface area contributed by atoms with E-state index in [1.54, 1.807) is 29.5 Å². The van der Waals surface area contributed by atoms with Gasteiger partial charge in [-0.25, -0.2) is 4.99 Å². The predicted octanol–water partition coefficient (Wildman–Crippen LogP) is 4.30. The molecule has 1 aliphatic heterocycles. The van der Waals surface area contributed by atoms with Crippen LogP contribution in [0.25, 0.3) is 10.1 Å². The van der Waals surface area contributed by atoms with Crippen LogP contribution in [-0.2, 0) is 12.0 Å². The summed E-state index contributed by atoms with van der Waals surface area (Å²) in [5.74, 6) is 0.222. The molecule has 0 radical (unpaired) electrons. The maximum atomic E-state index is 11.2. The van der Waals surface area contributed by atoms with Gasteiger partial charge in [0, 0.05) is 21.7 Å². The largest absolute Gasteiger partial charge is 0.384 e. The van der Waals surface area contributed by atoms with E-state index in [-0.39, 0.29) is 5.84 Å². The highest BCUT2D eigenvalue weighted by molar-refractivity contribution is 7.17. The van der Waals surface area contributed by atoms with Crippen molar-refractivity contribution < 1.29 is 5.11 Å². The van der Waals surface area contributed by atoms with E-state index in [1.165, 1.54) is 15.6 Å². The molecular formula is C18H15ClN2OS. The van der Waals surface area contributed by atoms with Crippen LogP contribution in [0.4, 0.5) is 5.69 Å². The van der Waals surface area contributed by atoms with Gasteiger partial charge in [-0.3, -0.25) is 0 Å². The van der Waals surface area contributed by atoms with Crippen LogP contribution in [0.5, 0.6) is 0 Å². The predicted molar refractivity (Wildman–Crippen MR) is 96.9 cm³/mol. The van der Waals surface area contributed by atoms with Crippen molar-refractivity contribution in [1.29, 1.82) is 0 Å². The summed E-state index contributed by atoms with van der Waals surface area (Å²) >= 11 is 7.79. The van der Waals surface area contributed by atoms with Crippen LogP contribution in [0.3, 0.4) is 0 Å². The third-order valence-corrected chi connectivity index (χ3v) is 5.81. The van der Waals surface area contributed by atoms with Crippen molar-refractivity contribution in [1.82, 2.24) is 0 Å². The molecule has 1 unspecified atom stereocenters. The Morgan fingerprint density at radius 1 is 1.30 bits per heavy atom. The summed E-state index contributed by atoms with van der Waals surface area (Å²) in [6, 6.07) is 11.4. The van der Waals surface area contributed by atoms with Crippen molar-refractivity contribution in [3.05, 3.63) is 63.5 Å². The molecule has 0 saturated heterocycles. The summed E-state index contributed by atoms with van der Waals surface area (Å²) in [6.07, 6.45) is 0.382. The van der Waals surface area contributed by atoms with Crippen LogP contribution in [-0.4, -0.2) is 10.9 Å². The van der Waals surface area contributed by atoms with Crippen molar-refractivity contribution in [2.45, 2.75) is 18.9 Å². The number of thiophene rings is 1. The highest BCUT2D eigenvalue weighted by atomic mass is 35.5. The van der Waals surface area contributed by atoms with E-state index >= 15 is 0 Å². The van der Waals surface area contributed by atoms with Crippen molar-refractivity contribution in [3.8, 4) is 0 Å². The van der Waals surface area contributed by atoms with Crippen LogP contribution in [0.2, 0.25) is 5.02 Å². The van der Waals surface area contributed by atoms with Crippen LogP contribution in [0.1, 0.15) is 16.7 Å². The molecule has 0 bridgehead atoms. The maximum absolute atomic E-state index is 11.2. The number of aryl methyl sites for hydroxylation is 1. The number of fused-ring (bicyclic) bond motifs is 2. The van der Waals surface area contributed by atoms with Crippen molar-refractivity contribution in [2.75, 3.05) is 0 Å². The van der Waals surface area contributed by atoms with Gasteiger partial charge in [0.2, 0.25) is 0 Å². The van der Waals surface area contributed by atoms with E-state index in [2.05, 4.69) is 23.4 Å². The monoisotopic (exact) mass is 342 g/mol. The molecule has 4 rings (SSSR count). The van der Waals surface area contributed by atoms with Gasteiger partial charge in [0.15, 0.2) is 5.60 Å². The standard InChI is InChI=1S/C18H15ClN2OS/c1-10-9-23-16-11(3-2-4-13(10)16)8-18(22)14-7-12(19)5-6-15(14)21-17(18)20/h2-7,9,22H,8H2,1H3,(H2,20,21). The zero-order valence-corrected chi connectivity index (χ0v) is 14.1. The van der Waals surface area contributed by atoms with Gasteiger partial charge in [0.25, 0.3) is 0 Å². The van der Waals surface area contributed by atoms with Gasteiger partial charge in [0.1, 0.15) is 5.84 Å². The summed E-state index contributed by atoms with van der Waals surface area (Å²) in [5, 5.41) is 15.2. The third kappa shape index (κ3) is 2.17. The molecule has 0 aliphatic carbocycles. The summed E-state index contributed by atoms with van der Waals surface area (Å²) < 4.78 is 1.18. The van der Waals surface area contributed by atoms with Gasteiger partial charge in [-0.1, -0.05) is 29.8 Å². The van der Waals surface area contributed by atoms with Gasteiger partial charge in [-0.15, -0.1) is 11.3 Å². The van der Waals surface area contributed by atoms with E-state index in [0.717, 1.165) is 5.56 Å². The van der Waals surface area contributed by atoms with Gasteiger partial charge in [0.05, 0.1) is 5.69 Å². The van der Waals surface area contributed by atoms with Gasteiger partial charge >= 0.3 is 0 Å². The van der Waals surface area contributed by atoms with Gasteiger partial charge in [-0.05, 0) is 47.0 Å². The van der Waals surface area contributed by atoms with Gasteiger partial charge in [-0.2, -0.15) is 0 Å². The Balaban J connectivity index is 1.85. The minimum Gasteiger partial charge on any atom is -0.384 e. The summed E-state index contributed by atoms with van der Waals surface area (Å²) in [5.41, 5.74) is 8.43. The molecule has 0 fully saturated rings. The Bertz CT molecular complexity index is 963. The molecule has 0 amide bonds. The number of rotatable bonds is 2. The fourth-order valence-corrected chi connectivity index (χ4v) is 4.38. The second-order valence-electron chi connectivity index (χ2n) is 5.91. The average Bonchev–Trinajstić information content (AvgIpc) is 3.01. The number of hydrogen-bond donors (Lipinski definition) is 2. The number of aliphatic imine (C=N–C) groups is 1. The molecular weight excluding hydrogens is 328 g/mol. The average molecular weight is 343 g/mol. The molecule has 3 aromatic rings. The smallest absolute Gasteiger partial charge is 0.153 e. The lowest BCUT2D eigenvalue weighted by Crippen LogP contribution is -2.40. The van der Waals surface area contributed by atoms with E-state index < -0.39 is 5.60 Å². The van der Waals surface area contributed by atoms with Crippen LogP contribution in [0, 0.1) is 6.92 Å². The number of nitrogens with two attached hydrogens (primary N) is 1. The second kappa shape index (κ2) is 5.06.